The van der Waals surface area contributed by atoms with Gasteiger partial charge in [-0.05, 0) is 29.8 Å². The maximum atomic E-state index is 12.2. The molecule has 2 fully saturated rings. The van der Waals surface area contributed by atoms with E-state index in [0.29, 0.717) is 11.8 Å². The lowest BCUT2D eigenvalue weighted by Gasteiger charge is -2.29. The number of pyridine rings is 1. The van der Waals surface area contributed by atoms with E-state index < -0.39 is 0 Å². The van der Waals surface area contributed by atoms with Gasteiger partial charge in [0.25, 0.3) is 0 Å². The Labute approximate surface area is 148 Å². The molecule has 4 rings (SSSR count). The third-order valence-corrected chi connectivity index (χ3v) is 5.55. The average Bonchev–Trinajstić information content (AvgIpc) is 3.20. The molecular formula is C20H23N3O2. The number of methoxy groups -OCH3 is 1. The first-order valence-electron chi connectivity index (χ1n) is 8.73. The van der Waals surface area contributed by atoms with Gasteiger partial charge in [-0.15, -0.1) is 0 Å². The number of anilines is 1. The maximum Gasteiger partial charge on any atom is 0.219 e. The topological polar surface area (TPSA) is 45.7 Å². The minimum atomic E-state index is 0.139. The first-order chi connectivity index (χ1) is 12.2. The molecule has 1 amide bonds. The van der Waals surface area contributed by atoms with Gasteiger partial charge in [0.05, 0.1) is 13.2 Å². The van der Waals surface area contributed by atoms with Crippen LogP contribution in [0.2, 0.25) is 0 Å². The van der Waals surface area contributed by atoms with Crippen LogP contribution in [0.4, 0.5) is 5.69 Å². The van der Waals surface area contributed by atoms with Crippen LogP contribution in [0, 0.1) is 11.8 Å². The minimum Gasteiger partial charge on any atom is -0.497 e. The molecule has 0 unspecified atom stereocenters. The van der Waals surface area contributed by atoms with Crippen molar-refractivity contribution in [1.29, 1.82) is 0 Å². The van der Waals surface area contributed by atoms with Gasteiger partial charge >= 0.3 is 0 Å². The number of hydrogen-bond donors (Lipinski definition) is 0. The van der Waals surface area contributed by atoms with E-state index in [9.17, 15) is 4.79 Å². The molecule has 0 aliphatic carbocycles. The third kappa shape index (κ3) is 2.84. The van der Waals surface area contributed by atoms with Crippen LogP contribution in [0.1, 0.15) is 18.5 Å². The van der Waals surface area contributed by atoms with E-state index in [1.54, 1.807) is 14.0 Å². The van der Waals surface area contributed by atoms with E-state index in [1.807, 2.05) is 29.4 Å². The largest absolute Gasteiger partial charge is 0.497 e. The SMILES string of the molecule is COc1ccc([C@H]2[C@@H]3CN(c4ccncc4)C[C@@H]3CN2C(C)=O)cc1. The lowest BCUT2D eigenvalue weighted by molar-refractivity contribution is -0.130. The molecule has 0 N–H and O–H groups in total. The second kappa shape index (κ2) is 6.39. The third-order valence-electron chi connectivity index (χ3n) is 5.55. The van der Waals surface area contributed by atoms with E-state index in [-0.39, 0.29) is 11.9 Å². The van der Waals surface area contributed by atoms with Gasteiger partial charge in [0, 0.05) is 56.5 Å². The Kier molecular flexibility index (Phi) is 4.07. The Balaban J connectivity index is 1.62. The van der Waals surface area contributed by atoms with Crippen LogP contribution in [-0.4, -0.2) is 42.5 Å². The highest BCUT2D eigenvalue weighted by Gasteiger charge is 2.48. The molecule has 3 heterocycles. The van der Waals surface area contributed by atoms with Crippen molar-refractivity contribution in [3.05, 3.63) is 54.4 Å². The van der Waals surface area contributed by atoms with Crippen molar-refractivity contribution in [3.8, 4) is 5.75 Å². The fourth-order valence-corrected chi connectivity index (χ4v) is 4.36. The number of benzene rings is 1. The molecule has 0 saturated carbocycles. The number of carbonyl (C=O) groups is 1. The van der Waals surface area contributed by atoms with E-state index >= 15 is 0 Å². The van der Waals surface area contributed by atoms with Gasteiger partial charge in [-0.25, -0.2) is 0 Å². The number of fused-ring (bicyclic) bond motifs is 1. The van der Waals surface area contributed by atoms with Crippen molar-refractivity contribution in [3.63, 3.8) is 0 Å². The number of aromatic nitrogens is 1. The Hall–Kier alpha value is -2.56. The number of nitrogens with zero attached hydrogens (tertiary/aromatic N) is 3. The number of rotatable bonds is 3. The molecule has 2 aliphatic heterocycles. The number of ether oxygens (including phenoxy) is 1. The monoisotopic (exact) mass is 337 g/mol. The van der Waals surface area contributed by atoms with Crippen LogP contribution in [0.25, 0.3) is 0 Å². The summed E-state index contributed by atoms with van der Waals surface area (Å²) in [6, 6.07) is 12.4. The molecule has 5 heteroatoms. The van der Waals surface area contributed by atoms with Crippen LogP contribution in [0.5, 0.6) is 5.75 Å². The smallest absolute Gasteiger partial charge is 0.219 e. The molecular weight excluding hydrogens is 314 g/mol. The Morgan fingerprint density at radius 2 is 1.80 bits per heavy atom. The van der Waals surface area contributed by atoms with Crippen molar-refractivity contribution in [2.75, 3.05) is 31.6 Å². The van der Waals surface area contributed by atoms with E-state index in [1.165, 1.54) is 11.3 Å². The van der Waals surface area contributed by atoms with E-state index in [2.05, 4.69) is 34.1 Å². The standard InChI is InChI=1S/C20H23N3O2/c1-14(24)23-12-16-11-22(17-7-9-21-10-8-17)13-19(16)20(23)15-3-5-18(25-2)6-4-15/h3-10,16,19-20H,11-13H2,1-2H3/t16-,19-,20+/m1/s1. The number of amides is 1. The van der Waals surface area contributed by atoms with Crippen LogP contribution < -0.4 is 9.64 Å². The molecule has 1 aromatic carbocycles. The van der Waals surface area contributed by atoms with Gasteiger partial charge < -0.3 is 14.5 Å². The molecule has 0 bridgehead atoms. The fourth-order valence-electron chi connectivity index (χ4n) is 4.36. The summed E-state index contributed by atoms with van der Waals surface area (Å²) in [7, 11) is 1.67. The molecule has 3 atom stereocenters. The zero-order chi connectivity index (χ0) is 17.4. The van der Waals surface area contributed by atoms with Gasteiger partial charge in [-0.1, -0.05) is 12.1 Å². The predicted octanol–water partition coefficient (Wildman–Crippen LogP) is 2.75. The molecule has 5 nitrogen and oxygen atoms in total. The van der Waals surface area contributed by atoms with Gasteiger partial charge in [0.2, 0.25) is 5.91 Å². The zero-order valence-electron chi connectivity index (χ0n) is 14.6. The summed E-state index contributed by atoms with van der Waals surface area (Å²) in [5.41, 5.74) is 2.41. The molecule has 1 aromatic heterocycles. The lowest BCUT2D eigenvalue weighted by Crippen LogP contribution is -2.34. The maximum absolute atomic E-state index is 12.2. The first-order valence-corrected chi connectivity index (χ1v) is 8.73. The average molecular weight is 337 g/mol. The second-order valence-electron chi connectivity index (χ2n) is 6.92. The van der Waals surface area contributed by atoms with Crippen LogP contribution in [0.3, 0.4) is 0 Å². The Bertz CT molecular complexity index is 747. The van der Waals surface area contributed by atoms with Gasteiger partial charge in [-0.3, -0.25) is 9.78 Å². The molecule has 0 radical (unpaired) electrons. The summed E-state index contributed by atoms with van der Waals surface area (Å²) in [6.45, 7) is 4.47. The van der Waals surface area contributed by atoms with Gasteiger partial charge in [-0.2, -0.15) is 0 Å². The highest BCUT2D eigenvalue weighted by atomic mass is 16.5. The van der Waals surface area contributed by atoms with Crippen LogP contribution in [0.15, 0.2) is 48.8 Å². The highest BCUT2D eigenvalue weighted by molar-refractivity contribution is 5.74. The number of hydrogen-bond acceptors (Lipinski definition) is 4. The summed E-state index contributed by atoms with van der Waals surface area (Å²) in [6.07, 6.45) is 3.68. The highest BCUT2D eigenvalue weighted by Crippen LogP contribution is 2.46. The minimum absolute atomic E-state index is 0.139. The van der Waals surface area contributed by atoms with Crippen LogP contribution in [-0.2, 0) is 4.79 Å². The number of likely N-dealkylation sites (tertiary alicyclic amines) is 1. The van der Waals surface area contributed by atoms with Crippen molar-refractivity contribution < 1.29 is 9.53 Å². The predicted molar refractivity (Wildman–Crippen MR) is 96.6 cm³/mol. The molecule has 2 saturated heterocycles. The second-order valence-corrected chi connectivity index (χ2v) is 6.92. The van der Waals surface area contributed by atoms with Crippen molar-refractivity contribution >= 4 is 11.6 Å². The zero-order valence-corrected chi connectivity index (χ0v) is 14.6. The van der Waals surface area contributed by atoms with E-state index in [0.717, 1.165) is 25.4 Å². The summed E-state index contributed by atoms with van der Waals surface area (Å²) in [5.74, 6) is 1.96. The van der Waals surface area contributed by atoms with Crippen LogP contribution >= 0.6 is 0 Å². The molecule has 2 aliphatic rings. The summed E-state index contributed by atoms with van der Waals surface area (Å²) in [4.78, 5) is 20.8. The summed E-state index contributed by atoms with van der Waals surface area (Å²) in [5, 5.41) is 0. The molecule has 130 valence electrons. The Morgan fingerprint density at radius 1 is 1.08 bits per heavy atom. The fraction of sp³-hybridized carbons (Fsp3) is 0.400. The molecule has 2 aromatic rings. The molecule has 25 heavy (non-hydrogen) atoms. The van der Waals surface area contributed by atoms with E-state index in [4.69, 9.17) is 4.74 Å². The van der Waals surface area contributed by atoms with Gasteiger partial charge in [0.1, 0.15) is 5.75 Å². The Morgan fingerprint density at radius 3 is 2.44 bits per heavy atom. The quantitative estimate of drug-likeness (QED) is 0.864. The first kappa shape index (κ1) is 15.9. The van der Waals surface area contributed by atoms with Crippen molar-refractivity contribution in [2.45, 2.75) is 13.0 Å². The number of carbonyl (C=O) groups excluding carboxylic acids is 1. The molecule has 0 spiro atoms. The van der Waals surface area contributed by atoms with Crippen molar-refractivity contribution in [1.82, 2.24) is 9.88 Å². The normalized spacial score (nSPS) is 25.1. The lowest BCUT2D eigenvalue weighted by atomic mass is 9.89. The summed E-state index contributed by atoms with van der Waals surface area (Å²) >= 11 is 0. The van der Waals surface area contributed by atoms with Gasteiger partial charge in [0.15, 0.2) is 0 Å². The summed E-state index contributed by atoms with van der Waals surface area (Å²) < 4.78 is 5.27. The van der Waals surface area contributed by atoms with Crippen molar-refractivity contribution in [2.24, 2.45) is 11.8 Å².